The third kappa shape index (κ3) is 5.22. The molecule has 0 aromatic rings. The Hall–Kier alpha value is -0.610. The Morgan fingerprint density at radius 1 is 0.846 bits per heavy atom. The van der Waals surface area contributed by atoms with E-state index in [4.69, 9.17) is 4.74 Å². The highest BCUT2D eigenvalue weighted by Crippen LogP contribution is 2.46. The molecule has 0 aliphatic carbocycles. The summed E-state index contributed by atoms with van der Waals surface area (Å²) >= 11 is 0. The van der Waals surface area contributed by atoms with E-state index in [1.54, 1.807) is 0 Å². The van der Waals surface area contributed by atoms with E-state index in [1.165, 1.54) is 25.7 Å². The fraction of sp³-hybridized carbons (Fsp3) is 0.955. The third-order valence-electron chi connectivity index (χ3n) is 5.90. The Bertz CT molecular complexity index is 471. The molecule has 0 aromatic carbocycles. The Kier molecular flexibility index (Phi) is 6.82. The maximum atomic E-state index is 13.2. The first-order chi connectivity index (χ1) is 12.1. The lowest BCUT2D eigenvalue weighted by Gasteiger charge is -2.50. The van der Waals surface area contributed by atoms with Crippen molar-refractivity contribution in [1.82, 2.24) is 10.6 Å². The van der Waals surface area contributed by atoms with E-state index in [2.05, 4.69) is 52.2 Å². The third-order valence-corrected chi connectivity index (χ3v) is 5.90. The number of nitrogens with one attached hydrogen (secondary N) is 2. The fourth-order valence-electron chi connectivity index (χ4n) is 5.32. The summed E-state index contributed by atoms with van der Waals surface area (Å²) in [6, 6.07) is 0. The lowest BCUT2D eigenvalue weighted by molar-refractivity contribution is -0.165. The highest BCUT2D eigenvalue weighted by atomic mass is 16.6. The second-order valence-corrected chi connectivity index (χ2v) is 10.1. The number of unbranched alkanes of at least 4 members (excludes halogenated alkanes) is 5. The zero-order chi connectivity index (χ0) is 19.5. The predicted octanol–water partition coefficient (Wildman–Crippen LogP) is 5.06. The van der Waals surface area contributed by atoms with Crippen molar-refractivity contribution in [1.29, 1.82) is 0 Å². The van der Waals surface area contributed by atoms with Gasteiger partial charge in [0.15, 0.2) is 5.60 Å². The molecule has 2 rings (SSSR count). The molecular formula is C22H42N2O2. The molecule has 4 nitrogen and oxygen atoms in total. The van der Waals surface area contributed by atoms with Gasteiger partial charge in [-0.1, -0.05) is 46.0 Å². The largest absolute Gasteiger partial charge is 0.339 e. The number of hydrogen-bond donors (Lipinski definition) is 2. The normalized spacial score (nSPS) is 29.1. The van der Waals surface area contributed by atoms with Crippen LogP contribution in [0.2, 0.25) is 0 Å². The Morgan fingerprint density at radius 2 is 1.38 bits per heavy atom. The fourth-order valence-corrected chi connectivity index (χ4v) is 5.32. The molecule has 0 bridgehead atoms. The maximum absolute atomic E-state index is 13.2. The van der Waals surface area contributed by atoms with Gasteiger partial charge < -0.3 is 15.4 Å². The number of piperidine rings is 1. The van der Waals surface area contributed by atoms with E-state index in [9.17, 15) is 4.79 Å². The SMILES string of the molecule is CCCCCCCC1(CCCC)NC(=O)C2(CC(C)(C)NC(C)(C)C2)O1. The molecule has 1 spiro atoms. The predicted molar refractivity (Wildman–Crippen MR) is 108 cm³/mol. The molecule has 2 aliphatic heterocycles. The number of carbonyl (C=O) groups is 1. The average molecular weight is 367 g/mol. The van der Waals surface area contributed by atoms with E-state index in [1.807, 2.05) is 0 Å². The summed E-state index contributed by atoms with van der Waals surface area (Å²) in [5.74, 6) is 0.116. The summed E-state index contributed by atoms with van der Waals surface area (Å²) in [6.07, 6.45) is 11.8. The van der Waals surface area contributed by atoms with E-state index < -0.39 is 11.3 Å². The van der Waals surface area contributed by atoms with Crippen molar-refractivity contribution >= 4 is 5.91 Å². The van der Waals surface area contributed by atoms with E-state index in [-0.39, 0.29) is 17.0 Å². The van der Waals surface area contributed by atoms with Crippen LogP contribution in [0.25, 0.3) is 0 Å². The van der Waals surface area contributed by atoms with Gasteiger partial charge in [0.05, 0.1) is 0 Å². The number of hydrogen-bond acceptors (Lipinski definition) is 3. The molecule has 2 fully saturated rings. The lowest BCUT2D eigenvalue weighted by atomic mass is 9.72. The number of amides is 1. The highest BCUT2D eigenvalue weighted by molar-refractivity contribution is 5.88. The first-order valence-electron chi connectivity index (χ1n) is 10.9. The molecule has 2 aliphatic rings. The van der Waals surface area contributed by atoms with Crippen LogP contribution in [0, 0.1) is 0 Å². The number of ether oxygens (including phenoxy) is 1. The van der Waals surface area contributed by atoms with Crippen LogP contribution >= 0.6 is 0 Å². The Labute approximate surface area is 161 Å². The van der Waals surface area contributed by atoms with E-state index >= 15 is 0 Å². The minimum atomic E-state index is -0.685. The van der Waals surface area contributed by atoms with Crippen LogP contribution in [0.3, 0.4) is 0 Å². The minimum absolute atomic E-state index is 0.110. The first-order valence-corrected chi connectivity index (χ1v) is 10.9. The van der Waals surface area contributed by atoms with Crippen molar-refractivity contribution in [2.75, 3.05) is 0 Å². The molecular weight excluding hydrogens is 324 g/mol. The van der Waals surface area contributed by atoms with Crippen molar-refractivity contribution in [3.8, 4) is 0 Å². The van der Waals surface area contributed by atoms with Crippen molar-refractivity contribution in [2.24, 2.45) is 0 Å². The number of carbonyl (C=O) groups excluding carboxylic acids is 1. The molecule has 2 saturated heterocycles. The van der Waals surface area contributed by atoms with Gasteiger partial charge in [0.2, 0.25) is 0 Å². The second kappa shape index (κ2) is 8.18. The molecule has 26 heavy (non-hydrogen) atoms. The molecule has 2 heterocycles. The van der Waals surface area contributed by atoms with Gasteiger partial charge in [0, 0.05) is 23.9 Å². The molecule has 0 radical (unpaired) electrons. The Morgan fingerprint density at radius 3 is 1.96 bits per heavy atom. The summed E-state index contributed by atoms with van der Waals surface area (Å²) in [5, 5.41) is 7.02. The standard InChI is InChI=1S/C22H42N2O2/c1-7-9-11-12-13-15-22(14-10-8-2)23-18(25)21(26-22)16-19(3,4)24-20(5,6)17-21/h24H,7-17H2,1-6H3,(H,23,25). The number of rotatable bonds is 9. The van der Waals surface area contributed by atoms with Gasteiger partial charge in [-0.15, -0.1) is 0 Å². The molecule has 1 unspecified atom stereocenters. The molecule has 1 atom stereocenters. The zero-order valence-electron chi connectivity index (χ0n) is 18.1. The minimum Gasteiger partial charge on any atom is -0.339 e. The Balaban J connectivity index is 2.14. The van der Waals surface area contributed by atoms with Crippen molar-refractivity contribution in [2.45, 2.75) is 135 Å². The van der Waals surface area contributed by atoms with Gasteiger partial charge in [-0.25, -0.2) is 0 Å². The highest BCUT2D eigenvalue weighted by Gasteiger charge is 2.60. The average Bonchev–Trinajstić information content (AvgIpc) is 2.73. The molecule has 1 amide bonds. The van der Waals surface area contributed by atoms with Crippen LogP contribution in [-0.2, 0) is 9.53 Å². The topological polar surface area (TPSA) is 50.4 Å². The van der Waals surface area contributed by atoms with Gasteiger partial charge in [-0.3, -0.25) is 4.79 Å². The maximum Gasteiger partial charge on any atom is 0.254 e. The van der Waals surface area contributed by atoms with Crippen LogP contribution in [0.15, 0.2) is 0 Å². The summed E-state index contributed by atoms with van der Waals surface area (Å²) in [5.41, 5.74) is -1.36. The van der Waals surface area contributed by atoms with Gasteiger partial charge in [-0.2, -0.15) is 0 Å². The smallest absolute Gasteiger partial charge is 0.254 e. The molecule has 0 saturated carbocycles. The lowest BCUT2D eigenvalue weighted by Crippen LogP contribution is -2.65. The monoisotopic (exact) mass is 366 g/mol. The van der Waals surface area contributed by atoms with Crippen LogP contribution < -0.4 is 10.6 Å². The summed E-state index contributed by atoms with van der Waals surface area (Å²) in [7, 11) is 0. The van der Waals surface area contributed by atoms with Gasteiger partial charge in [0.25, 0.3) is 5.91 Å². The molecule has 0 aromatic heterocycles. The van der Waals surface area contributed by atoms with Crippen LogP contribution in [-0.4, -0.2) is 28.3 Å². The quantitative estimate of drug-likeness (QED) is 0.561. The van der Waals surface area contributed by atoms with Crippen molar-refractivity contribution < 1.29 is 9.53 Å². The van der Waals surface area contributed by atoms with Crippen LogP contribution in [0.5, 0.6) is 0 Å². The summed E-state index contributed by atoms with van der Waals surface area (Å²) in [6.45, 7) is 13.2. The van der Waals surface area contributed by atoms with Crippen molar-refractivity contribution in [3.05, 3.63) is 0 Å². The van der Waals surface area contributed by atoms with Gasteiger partial charge in [0.1, 0.15) is 5.72 Å². The van der Waals surface area contributed by atoms with Crippen LogP contribution in [0.4, 0.5) is 0 Å². The van der Waals surface area contributed by atoms with E-state index in [0.717, 1.165) is 44.9 Å². The van der Waals surface area contributed by atoms with Gasteiger partial charge in [-0.05, 0) is 53.4 Å². The summed E-state index contributed by atoms with van der Waals surface area (Å²) < 4.78 is 6.77. The molecule has 152 valence electrons. The zero-order valence-corrected chi connectivity index (χ0v) is 18.1. The van der Waals surface area contributed by atoms with Gasteiger partial charge >= 0.3 is 0 Å². The molecule has 2 N–H and O–H groups in total. The first kappa shape index (κ1) is 21.7. The molecule has 4 heteroatoms. The summed E-state index contributed by atoms with van der Waals surface area (Å²) in [4.78, 5) is 13.2. The van der Waals surface area contributed by atoms with E-state index in [0.29, 0.717) is 0 Å². The van der Waals surface area contributed by atoms with Crippen LogP contribution in [0.1, 0.15) is 112 Å². The van der Waals surface area contributed by atoms with Crippen molar-refractivity contribution in [3.63, 3.8) is 0 Å². The second-order valence-electron chi connectivity index (χ2n) is 10.1.